The molecule has 3 heteroatoms. The van der Waals surface area contributed by atoms with Gasteiger partial charge in [-0.15, -0.1) is 0 Å². The lowest BCUT2D eigenvalue weighted by molar-refractivity contribution is 0.0308. The standard InChI is InChI=1S/C17H23NO2/c19-16-9-7-12-13-5-2-10-18(11-3-1-4-11)15(13)8-6-14(12)17(16)20/h7,9,11,13,15,19-20H,1-6,8,10H2/t13-,15-/m1/s1. The summed E-state index contributed by atoms with van der Waals surface area (Å²) in [4.78, 5) is 2.75. The highest BCUT2D eigenvalue weighted by atomic mass is 16.3. The SMILES string of the molecule is Oc1ccc2c(c1O)CC[C@@H]1[C@@H]2CCCN1C1CCC1. The molecule has 2 fully saturated rings. The number of nitrogens with zero attached hydrogens (tertiary/aromatic N) is 1. The number of phenolic OH excluding ortho intramolecular Hbond substituents is 2. The van der Waals surface area contributed by atoms with Crippen LogP contribution in [0.4, 0.5) is 0 Å². The van der Waals surface area contributed by atoms with Crippen LogP contribution in [0, 0.1) is 0 Å². The Morgan fingerprint density at radius 1 is 1.00 bits per heavy atom. The highest BCUT2D eigenvalue weighted by Crippen LogP contribution is 2.47. The van der Waals surface area contributed by atoms with Crippen molar-refractivity contribution in [3.05, 3.63) is 23.3 Å². The largest absolute Gasteiger partial charge is 0.504 e. The Morgan fingerprint density at radius 3 is 2.60 bits per heavy atom. The first kappa shape index (κ1) is 12.5. The van der Waals surface area contributed by atoms with Crippen LogP contribution in [0.5, 0.6) is 11.5 Å². The Labute approximate surface area is 120 Å². The average molecular weight is 273 g/mol. The highest BCUT2D eigenvalue weighted by Gasteiger charge is 2.41. The van der Waals surface area contributed by atoms with Crippen molar-refractivity contribution in [1.82, 2.24) is 4.90 Å². The summed E-state index contributed by atoms with van der Waals surface area (Å²) in [6.07, 6.45) is 8.66. The summed E-state index contributed by atoms with van der Waals surface area (Å²) in [5, 5.41) is 19.8. The Balaban J connectivity index is 1.68. The van der Waals surface area contributed by atoms with Crippen LogP contribution in [-0.4, -0.2) is 33.7 Å². The van der Waals surface area contributed by atoms with Gasteiger partial charge in [0.2, 0.25) is 0 Å². The van der Waals surface area contributed by atoms with Crippen molar-refractivity contribution >= 4 is 0 Å². The van der Waals surface area contributed by atoms with Crippen LogP contribution in [0.25, 0.3) is 0 Å². The van der Waals surface area contributed by atoms with Crippen molar-refractivity contribution in [2.45, 2.75) is 62.9 Å². The maximum absolute atomic E-state index is 10.1. The predicted molar refractivity (Wildman–Crippen MR) is 78.2 cm³/mol. The summed E-state index contributed by atoms with van der Waals surface area (Å²) < 4.78 is 0. The minimum absolute atomic E-state index is 0.0360. The number of piperidine rings is 1. The molecule has 2 aliphatic carbocycles. The van der Waals surface area contributed by atoms with E-state index in [-0.39, 0.29) is 11.5 Å². The van der Waals surface area contributed by atoms with Gasteiger partial charge in [0.05, 0.1) is 0 Å². The molecule has 0 amide bonds. The number of likely N-dealkylation sites (tertiary alicyclic amines) is 1. The highest BCUT2D eigenvalue weighted by molar-refractivity contribution is 5.51. The topological polar surface area (TPSA) is 43.7 Å². The first-order valence-corrected chi connectivity index (χ1v) is 8.05. The molecule has 1 aromatic carbocycles. The number of hydrogen-bond acceptors (Lipinski definition) is 3. The van der Waals surface area contributed by atoms with Gasteiger partial charge in [-0.1, -0.05) is 12.5 Å². The molecular weight excluding hydrogens is 250 g/mol. The molecule has 0 bridgehead atoms. The minimum Gasteiger partial charge on any atom is -0.504 e. The maximum atomic E-state index is 10.1. The van der Waals surface area contributed by atoms with E-state index in [0.29, 0.717) is 12.0 Å². The molecule has 1 heterocycles. The van der Waals surface area contributed by atoms with Gasteiger partial charge >= 0.3 is 0 Å². The molecule has 4 rings (SSSR count). The van der Waals surface area contributed by atoms with Gasteiger partial charge in [0.15, 0.2) is 11.5 Å². The van der Waals surface area contributed by atoms with E-state index in [2.05, 4.69) is 4.90 Å². The monoisotopic (exact) mass is 273 g/mol. The van der Waals surface area contributed by atoms with E-state index in [1.165, 1.54) is 44.2 Å². The molecule has 0 radical (unpaired) electrons. The Bertz CT molecular complexity index is 524. The van der Waals surface area contributed by atoms with Crippen molar-refractivity contribution in [2.75, 3.05) is 6.54 Å². The van der Waals surface area contributed by atoms with E-state index < -0.39 is 0 Å². The first-order chi connectivity index (χ1) is 9.75. The summed E-state index contributed by atoms with van der Waals surface area (Å²) in [5.41, 5.74) is 2.29. The van der Waals surface area contributed by atoms with Crippen molar-refractivity contribution in [2.24, 2.45) is 0 Å². The van der Waals surface area contributed by atoms with Gasteiger partial charge in [0, 0.05) is 17.6 Å². The summed E-state index contributed by atoms with van der Waals surface area (Å²) in [6.45, 7) is 1.26. The van der Waals surface area contributed by atoms with Crippen LogP contribution in [-0.2, 0) is 6.42 Å². The molecule has 20 heavy (non-hydrogen) atoms. The molecule has 0 spiro atoms. The molecule has 1 saturated heterocycles. The molecule has 1 aliphatic heterocycles. The molecule has 0 aromatic heterocycles. The Kier molecular flexibility index (Phi) is 2.92. The number of aromatic hydroxyl groups is 2. The third kappa shape index (κ3) is 1.76. The van der Waals surface area contributed by atoms with Crippen LogP contribution in [0.3, 0.4) is 0 Å². The van der Waals surface area contributed by atoms with Crippen molar-refractivity contribution in [1.29, 1.82) is 0 Å². The third-order valence-corrected chi connectivity index (χ3v) is 5.75. The van der Waals surface area contributed by atoms with Gasteiger partial charge in [0.25, 0.3) is 0 Å². The van der Waals surface area contributed by atoms with Gasteiger partial charge < -0.3 is 10.2 Å². The van der Waals surface area contributed by atoms with Crippen molar-refractivity contribution in [3.63, 3.8) is 0 Å². The van der Waals surface area contributed by atoms with Gasteiger partial charge in [-0.3, -0.25) is 4.90 Å². The lowest BCUT2D eigenvalue weighted by Gasteiger charge is -2.50. The summed E-state index contributed by atoms with van der Waals surface area (Å²) in [6, 6.07) is 5.19. The van der Waals surface area contributed by atoms with Gasteiger partial charge in [0.1, 0.15) is 0 Å². The van der Waals surface area contributed by atoms with Crippen LogP contribution >= 0.6 is 0 Å². The molecule has 1 aromatic rings. The van der Waals surface area contributed by atoms with E-state index >= 15 is 0 Å². The van der Waals surface area contributed by atoms with Crippen molar-refractivity contribution in [3.8, 4) is 11.5 Å². The Morgan fingerprint density at radius 2 is 1.85 bits per heavy atom. The molecular formula is C17H23NO2. The zero-order valence-corrected chi connectivity index (χ0v) is 11.9. The van der Waals surface area contributed by atoms with Crippen LogP contribution in [0.15, 0.2) is 12.1 Å². The maximum Gasteiger partial charge on any atom is 0.160 e. The second-order valence-electron chi connectivity index (χ2n) is 6.68. The predicted octanol–water partition coefficient (Wildman–Crippen LogP) is 3.14. The molecule has 3 aliphatic rings. The van der Waals surface area contributed by atoms with E-state index in [9.17, 15) is 10.2 Å². The fourth-order valence-electron chi connectivity index (χ4n) is 4.53. The molecule has 1 saturated carbocycles. The fraction of sp³-hybridized carbons (Fsp3) is 0.647. The van der Waals surface area contributed by atoms with Crippen LogP contribution in [0.2, 0.25) is 0 Å². The molecule has 2 atom stereocenters. The lowest BCUT2D eigenvalue weighted by atomic mass is 9.72. The number of fused-ring (bicyclic) bond motifs is 3. The number of hydrogen-bond donors (Lipinski definition) is 2. The molecule has 3 nitrogen and oxygen atoms in total. The number of phenols is 2. The molecule has 108 valence electrons. The van der Waals surface area contributed by atoms with Crippen LogP contribution < -0.4 is 0 Å². The van der Waals surface area contributed by atoms with Gasteiger partial charge in [-0.25, -0.2) is 0 Å². The zero-order valence-electron chi connectivity index (χ0n) is 11.9. The normalized spacial score (nSPS) is 30.4. The number of benzene rings is 1. The molecule has 2 N–H and O–H groups in total. The van der Waals surface area contributed by atoms with E-state index in [1.807, 2.05) is 6.07 Å². The average Bonchev–Trinajstić information content (AvgIpc) is 2.41. The molecule has 0 unspecified atom stereocenters. The van der Waals surface area contributed by atoms with Crippen molar-refractivity contribution < 1.29 is 10.2 Å². The van der Waals surface area contributed by atoms with E-state index in [4.69, 9.17) is 0 Å². The number of rotatable bonds is 1. The van der Waals surface area contributed by atoms with Crippen LogP contribution in [0.1, 0.15) is 55.6 Å². The zero-order chi connectivity index (χ0) is 13.7. The van der Waals surface area contributed by atoms with E-state index in [1.54, 1.807) is 6.07 Å². The minimum atomic E-state index is 0.0360. The first-order valence-electron chi connectivity index (χ1n) is 8.05. The van der Waals surface area contributed by atoms with Gasteiger partial charge in [-0.2, -0.15) is 0 Å². The summed E-state index contributed by atoms with van der Waals surface area (Å²) >= 11 is 0. The third-order valence-electron chi connectivity index (χ3n) is 5.75. The second-order valence-corrected chi connectivity index (χ2v) is 6.68. The second kappa shape index (κ2) is 4.66. The quantitative estimate of drug-likeness (QED) is 0.773. The lowest BCUT2D eigenvalue weighted by Crippen LogP contribution is -2.53. The smallest absolute Gasteiger partial charge is 0.160 e. The summed E-state index contributed by atoms with van der Waals surface area (Å²) in [5.74, 6) is 0.718. The van der Waals surface area contributed by atoms with Gasteiger partial charge in [-0.05, 0) is 62.6 Å². The summed E-state index contributed by atoms with van der Waals surface area (Å²) in [7, 11) is 0. The van der Waals surface area contributed by atoms with E-state index in [0.717, 1.165) is 24.4 Å². The Hall–Kier alpha value is -1.22. The fourth-order valence-corrected chi connectivity index (χ4v) is 4.53.